The minimum atomic E-state index is -0.295. The molecule has 0 spiro atoms. The van der Waals surface area contributed by atoms with E-state index in [0.717, 1.165) is 35.6 Å². The van der Waals surface area contributed by atoms with Gasteiger partial charge in [0.1, 0.15) is 11.3 Å². The monoisotopic (exact) mass is 284 g/mol. The molecule has 0 radical (unpaired) electrons. The first-order chi connectivity index (χ1) is 10.2. The van der Waals surface area contributed by atoms with E-state index in [9.17, 15) is 4.39 Å². The van der Waals surface area contributed by atoms with Crippen molar-refractivity contribution in [3.63, 3.8) is 0 Å². The number of hydrogen-bond acceptors (Lipinski definition) is 3. The first-order valence-corrected chi connectivity index (χ1v) is 7.04. The second kappa shape index (κ2) is 5.61. The third-order valence-corrected chi connectivity index (χ3v) is 3.46. The van der Waals surface area contributed by atoms with Gasteiger partial charge in [-0.1, -0.05) is 13.0 Å². The average molecular weight is 284 g/mol. The molecule has 2 heterocycles. The third-order valence-electron chi connectivity index (χ3n) is 3.46. The van der Waals surface area contributed by atoms with Gasteiger partial charge in [-0.2, -0.15) is 0 Å². The number of nitrogens with two attached hydrogens (primary N) is 1. The summed E-state index contributed by atoms with van der Waals surface area (Å²) >= 11 is 0. The average Bonchev–Trinajstić information content (AvgIpc) is 2.88. The number of hydrogen-bond donors (Lipinski definition) is 1. The molecule has 2 N–H and O–H groups in total. The van der Waals surface area contributed by atoms with Crippen molar-refractivity contribution < 1.29 is 4.39 Å². The summed E-state index contributed by atoms with van der Waals surface area (Å²) < 4.78 is 16.0. The molecule has 2 aromatic heterocycles. The van der Waals surface area contributed by atoms with Crippen LogP contribution in [0.5, 0.6) is 0 Å². The number of rotatable bonds is 4. The van der Waals surface area contributed by atoms with Crippen LogP contribution in [0.25, 0.3) is 22.4 Å². The molecule has 0 atom stereocenters. The molecular formula is C16H17FN4. The lowest BCUT2D eigenvalue weighted by Gasteiger charge is -2.08. The summed E-state index contributed by atoms with van der Waals surface area (Å²) in [4.78, 5) is 8.69. The van der Waals surface area contributed by atoms with E-state index >= 15 is 0 Å². The highest BCUT2D eigenvalue weighted by atomic mass is 19.1. The van der Waals surface area contributed by atoms with Gasteiger partial charge in [0, 0.05) is 24.8 Å². The van der Waals surface area contributed by atoms with Gasteiger partial charge < -0.3 is 10.3 Å². The Labute approximate surface area is 122 Å². The Morgan fingerprint density at radius 3 is 2.90 bits per heavy atom. The SMILES string of the molecule is CCCn1c(-c2ccnc(CN)c2)nc2c(F)cccc21. The lowest BCUT2D eigenvalue weighted by Crippen LogP contribution is -2.02. The summed E-state index contributed by atoms with van der Waals surface area (Å²) in [6, 6.07) is 8.84. The Morgan fingerprint density at radius 1 is 1.29 bits per heavy atom. The minimum absolute atomic E-state index is 0.295. The van der Waals surface area contributed by atoms with E-state index in [1.54, 1.807) is 12.3 Å². The Bertz CT molecular complexity index is 779. The van der Waals surface area contributed by atoms with Gasteiger partial charge in [-0.05, 0) is 30.7 Å². The summed E-state index contributed by atoms with van der Waals surface area (Å²) in [5, 5.41) is 0. The quantitative estimate of drug-likeness (QED) is 0.801. The molecule has 0 amide bonds. The van der Waals surface area contributed by atoms with E-state index in [1.807, 2.05) is 22.8 Å². The van der Waals surface area contributed by atoms with Gasteiger partial charge in [-0.15, -0.1) is 0 Å². The third kappa shape index (κ3) is 2.40. The number of nitrogens with zero attached hydrogens (tertiary/aromatic N) is 3. The van der Waals surface area contributed by atoms with E-state index in [1.165, 1.54) is 6.07 Å². The van der Waals surface area contributed by atoms with Crippen LogP contribution in [0.3, 0.4) is 0 Å². The van der Waals surface area contributed by atoms with E-state index in [4.69, 9.17) is 5.73 Å². The van der Waals surface area contributed by atoms with Crippen molar-refractivity contribution in [2.75, 3.05) is 0 Å². The van der Waals surface area contributed by atoms with Crippen molar-refractivity contribution in [2.24, 2.45) is 5.73 Å². The van der Waals surface area contributed by atoms with Gasteiger partial charge >= 0.3 is 0 Å². The van der Waals surface area contributed by atoms with Crippen LogP contribution in [0.2, 0.25) is 0 Å². The molecule has 1 aromatic carbocycles. The van der Waals surface area contributed by atoms with Crippen molar-refractivity contribution in [2.45, 2.75) is 26.4 Å². The fourth-order valence-corrected chi connectivity index (χ4v) is 2.51. The molecule has 0 aliphatic carbocycles. The maximum absolute atomic E-state index is 14.0. The van der Waals surface area contributed by atoms with Crippen molar-refractivity contribution >= 4 is 11.0 Å². The van der Waals surface area contributed by atoms with Crippen molar-refractivity contribution in [1.29, 1.82) is 0 Å². The highest BCUT2D eigenvalue weighted by Gasteiger charge is 2.15. The minimum Gasteiger partial charge on any atom is -0.325 e. The van der Waals surface area contributed by atoms with Gasteiger partial charge in [-0.3, -0.25) is 4.98 Å². The second-order valence-electron chi connectivity index (χ2n) is 4.93. The maximum atomic E-state index is 14.0. The summed E-state index contributed by atoms with van der Waals surface area (Å²) in [5.74, 6) is 0.464. The normalized spacial score (nSPS) is 11.2. The van der Waals surface area contributed by atoms with Gasteiger partial charge in [0.25, 0.3) is 0 Å². The van der Waals surface area contributed by atoms with Crippen LogP contribution in [0.15, 0.2) is 36.5 Å². The van der Waals surface area contributed by atoms with Crippen LogP contribution < -0.4 is 5.73 Å². The smallest absolute Gasteiger partial charge is 0.151 e. The zero-order valence-corrected chi connectivity index (χ0v) is 11.9. The fourth-order valence-electron chi connectivity index (χ4n) is 2.51. The summed E-state index contributed by atoms with van der Waals surface area (Å²) in [6.07, 6.45) is 2.66. The summed E-state index contributed by atoms with van der Waals surface area (Å²) in [5.41, 5.74) is 8.58. The van der Waals surface area contributed by atoms with Crippen molar-refractivity contribution in [1.82, 2.24) is 14.5 Å². The Balaban J connectivity index is 2.25. The van der Waals surface area contributed by atoms with Crippen LogP contribution in [0, 0.1) is 5.82 Å². The molecule has 0 bridgehead atoms. The predicted octanol–water partition coefficient (Wildman–Crippen LogP) is 3.11. The Kier molecular flexibility index (Phi) is 3.66. The van der Waals surface area contributed by atoms with E-state index in [2.05, 4.69) is 16.9 Å². The highest BCUT2D eigenvalue weighted by Crippen LogP contribution is 2.26. The number of halogens is 1. The van der Waals surface area contributed by atoms with Crippen LogP contribution in [0.4, 0.5) is 4.39 Å². The molecule has 0 saturated heterocycles. The largest absolute Gasteiger partial charge is 0.325 e. The lowest BCUT2D eigenvalue weighted by atomic mass is 10.2. The number of para-hydroxylation sites is 1. The van der Waals surface area contributed by atoms with Crippen LogP contribution >= 0.6 is 0 Å². The van der Waals surface area contributed by atoms with Crippen LogP contribution in [0.1, 0.15) is 19.0 Å². The van der Waals surface area contributed by atoms with Crippen molar-refractivity contribution in [3.05, 3.63) is 48.0 Å². The first-order valence-electron chi connectivity index (χ1n) is 7.04. The van der Waals surface area contributed by atoms with Gasteiger partial charge in [0.15, 0.2) is 5.82 Å². The van der Waals surface area contributed by atoms with Gasteiger partial charge in [0.05, 0.1) is 11.2 Å². The summed E-state index contributed by atoms with van der Waals surface area (Å²) in [6.45, 7) is 3.25. The number of benzene rings is 1. The topological polar surface area (TPSA) is 56.7 Å². The molecule has 0 saturated carbocycles. The van der Waals surface area contributed by atoms with E-state index in [0.29, 0.717) is 12.1 Å². The molecule has 5 heteroatoms. The van der Waals surface area contributed by atoms with Crippen molar-refractivity contribution in [3.8, 4) is 11.4 Å². The molecule has 21 heavy (non-hydrogen) atoms. The molecule has 0 aliphatic rings. The number of aryl methyl sites for hydroxylation is 1. The molecule has 3 aromatic rings. The molecule has 0 fully saturated rings. The van der Waals surface area contributed by atoms with Gasteiger partial charge in [0.2, 0.25) is 0 Å². The zero-order valence-electron chi connectivity index (χ0n) is 11.9. The van der Waals surface area contributed by atoms with E-state index < -0.39 is 0 Å². The number of pyridine rings is 1. The number of imidazole rings is 1. The van der Waals surface area contributed by atoms with Gasteiger partial charge in [-0.25, -0.2) is 9.37 Å². The lowest BCUT2D eigenvalue weighted by molar-refractivity contribution is 0.637. The second-order valence-corrected chi connectivity index (χ2v) is 4.93. The predicted molar refractivity (Wildman–Crippen MR) is 81.1 cm³/mol. The number of aromatic nitrogens is 3. The number of fused-ring (bicyclic) bond motifs is 1. The summed E-state index contributed by atoms with van der Waals surface area (Å²) in [7, 11) is 0. The first kappa shape index (κ1) is 13.7. The van der Waals surface area contributed by atoms with Crippen LogP contribution in [-0.4, -0.2) is 14.5 Å². The molecular weight excluding hydrogens is 267 g/mol. The van der Waals surface area contributed by atoms with Crippen LogP contribution in [-0.2, 0) is 13.1 Å². The molecule has 4 nitrogen and oxygen atoms in total. The standard InChI is InChI=1S/C16H17FN4/c1-2-8-21-14-5-3-4-13(17)15(14)20-16(21)11-6-7-19-12(9-11)10-18/h3-7,9H,2,8,10,18H2,1H3. The molecule has 3 rings (SSSR count). The molecule has 108 valence electrons. The molecule has 0 aliphatic heterocycles. The fraction of sp³-hybridized carbons (Fsp3) is 0.250. The van der Waals surface area contributed by atoms with E-state index in [-0.39, 0.29) is 5.82 Å². The Morgan fingerprint density at radius 2 is 2.14 bits per heavy atom. The Hall–Kier alpha value is -2.27. The maximum Gasteiger partial charge on any atom is 0.151 e. The molecule has 0 unspecified atom stereocenters. The highest BCUT2D eigenvalue weighted by molar-refractivity contribution is 5.81. The zero-order chi connectivity index (χ0) is 14.8.